The van der Waals surface area contributed by atoms with Crippen molar-refractivity contribution < 1.29 is 31.5 Å². The topological polar surface area (TPSA) is 29.5 Å². The van der Waals surface area contributed by atoms with Gasteiger partial charge in [-0.05, 0) is 141 Å². The molecule has 0 bridgehead atoms. The normalized spacial score (nSPS) is 26.0. The Balaban J connectivity index is 0.982. The molecule has 0 aliphatic heterocycles. The predicted molar refractivity (Wildman–Crippen MR) is 186 cm³/mol. The van der Waals surface area contributed by atoms with Gasteiger partial charge >= 0.3 is 12.1 Å². The molecule has 0 N–H and O–H groups in total. The fraction of sp³-hybridized carbons (Fsp3) is 0.625. The summed E-state index contributed by atoms with van der Waals surface area (Å²) in [7, 11) is 2.09. The molecule has 3 nitrogen and oxygen atoms in total. The number of nitrogens with zero attached hydrogens (tertiary/aromatic N) is 1. The summed E-state index contributed by atoms with van der Waals surface area (Å²) in [5.41, 5.74) is 6.44. The van der Waals surface area contributed by atoms with Crippen molar-refractivity contribution in [3.05, 3.63) is 76.4 Å². The number of halogens is 5. The average molecular weight is 704 g/mol. The molecule has 2 aromatic rings. The molecular formula is C40H50F5NO2S. The number of rotatable bonds is 17. The lowest BCUT2D eigenvalue weighted by molar-refractivity contribution is -0.284. The van der Waals surface area contributed by atoms with Crippen LogP contribution in [0.4, 0.5) is 22.0 Å². The van der Waals surface area contributed by atoms with E-state index in [9.17, 15) is 26.7 Å². The first-order valence-corrected chi connectivity index (χ1v) is 19.3. The number of thioether (sulfide) groups is 1. The minimum absolute atomic E-state index is 0.139. The van der Waals surface area contributed by atoms with E-state index < -0.39 is 18.5 Å². The summed E-state index contributed by atoms with van der Waals surface area (Å²) in [5.74, 6) is -0.226. The van der Waals surface area contributed by atoms with E-state index in [1.54, 1.807) is 0 Å². The minimum Gasteiger partial charge on any atom is -0.489 e. The van der Waals surface area contributed by atoms with Crippen molar-refractivity contribution in [1.82, 2.24) is 4.90 Å². The number of alkyl halides is 5. The fourth-order valence-electron chi connectivity index (χ4n) is 9.13. The minimum atomic E-state index is -5.46. The van der Waals surface area contributed by atoms with E-state index in [1.165, 1.54) is 28.5 Å². The van der Waals surface area contributed by atoms with E-state index in [4.69, 9.17) is 4.74 Å². The van der Waals surface area contributed by atoms with Gasteiger partial charge in [0.15, 0.2) is 5.78 Å². The average Bonchev–Trinajstić information content (AvgIpc) is 3.82. The zero-order valence-electron chi connectivity index (χ0n) is 28.8. The third-order valence-corrected chi connectivity index (χ3v) is 12.9. The molecule has 49 heavy (non-hydrogen) atoms. The lowest BCUT2D eigenvalue weighted by Gasteiger charge is -2.52. The zero-order chi connectivity index (χ0) is 34.8. The summed E-state index contributed by atoms with van der Waals surface area (Å²) >= 11 is 1.45. The Hall–Kier alpha value is -2.39. The first-order chi connectivity index (χ1) is 23.4. The van der Waals surface area contributed by atoms with Crippen LogP contribution < -0.4 is 4.74 Å². The molecular weight excluding hydrogens is 654 g/mol. The number of hydrogen-bond donors (Lipinski definition) is 0. The van der Waals surface area contributed by atoms with Crippen molar-refractivity contribution in [2.75, 3.05) is 31.6 Å². The van der Waals surface area contributed by atoms with Crippen LogP contribution in [0.15, 0.2) is 59.7 Å². The second-order valence-electron chi connectivity index (χ2n) is 15.2. The molecule has 2 aromatic carbocycles. The van der Waals surface area contributed by atoms with Gasteiger partial charge < -0.3 is 9.64 Å². The number of allylic oxidation sites excluding steroid dienone is 2. The molecule has 0 unspecified atom stereocenters. The van der Waals surface area contributed by atoms with E-state index >= 15 is 0 Å². The molecule has 0 heterocycles. The molecule has 268 valence electrons. The van der Waals surface area contributed by atoms with Crippen LogP contribution in [0.25, 0.3) is 0 Å². The Labute approximate surface area is 292 Å². The van der Waals surface area contributed by atoms with Crippen LogP contribution in [0.2, 0.25) is 0 Å². The van der Waals surface area contributed by atoms with Gasteiger partial charge in [0, 0.05) is 11.8 Å². The number of ether oxygens (including phenoxy) is 1. The van der Waals surface area contributed by atoms with Crippen LogP contribution in [0.3, 0.4) is 0 Å². The van der Waals surface area contributed by atoms with Gasteiger partial charge in [-0.25, -0.2) is 0 Å². The van der Waals surface area contributed by atoms with Crippen LogP contribution in [0.1, 0.15) is 93.7 Å². The summed E-state index contributed by atoms with van der Waals surface area (Å²) in [6, 6.07) is 17.0. The highest BCUT2D eigenvalue weighted by Crippen LogP contribution is 2.68. The summed E-state index contributed by atoms with van der Waals surface area (Å²) < 4.78 is 69.3. The van der Waals surface area contributed by atoms with Gasteiger partial charge in [0.2, 0.25) is 0 Å². The van der Waals surface area contributed by atoms with Crippen molar-refractivity contribution in [3.63, 3.8) is 0 Å². The van der Waals surface area contributed by atoms with E-state index in [1.807, 2.05) is 18.2 Å². The molecule has 4 aliphatic carbocycles. The SMILES string of the molecule is CN(CCCCC[C@@H]1Cc2cc(OCc3ccccc3)ccc2[C@H]2CC[C@]3(C)C(=O)C4=C(C4)[C@H]3[C@H]12)CCCSCCCC(F)(F)C(F)(F)F. The molecule has 1 fully saturated rings. The maximum atomic E-state index is 13.4. The number of ketones is 1. The van der Waals surface area contributed by atoms with Gasteiger partial charge in [-0.2, -0.15) is 33.7 Å². The smallest absolute Gasteiger partial charge is 0.453 e. The van der Waals surface area contributed by atoms with Crippen molar-refractivity contribution in [2.45, 2.75) is 102 Å². The summed E-state index contributed by atoms with van der Waals surface area (Å²) in [4.78, 5) is 15.7. The number of Topliss-reactive ketones (excluding diaryl/α,β-unsaturated/α-hetero) is 1. The Kier molecular flexibility index (Phi) is 11.2. The second-order valence-corrected chi connectivity index (χ2v) is 16.4. The second kappa shape index (κ2) is 15.1. The molecule has 0 amide bonds. The van der Waals surface area contributed by atoms with E-state index in [0.717, 1.165) is 93.5 Å². The summed E-state index contributed by atoms with van der Waals surface area (Å²) in [5, 5.41) is 0. The number of carbonyl (C=O) groups excluding carboxylic acids is 1. The fourth-order valence-corrected chi connectivity index (χ4v) is 10.0. The third kappa shape index (κ3) is 8.08. The van der Waals surface area contributed by atoms with E-state index in [-0.39, 0.29) is 11.8 Å². The zero-order valence-corrected chi connectivity index (χ0v) is 29.6. The van der Waals surface area contributed by atoms with Crippen molar-refractivity contribution in [3.8, 4) is 5.75 Å². The maximum absolute atomic E-state index is 13.4. The Morgan fingerprint density at radius 1 is 0.959 bits per heavy atom. The Morgan fingerprint density at radius 2 is 1.71 bits per heavy atom. The van der Waals surface area contributed by atoms with Crippen molar-refractivity contribution in [1.29, 1.82) is 0 Å². The molecule has 0 saturated heterocycles. The van der Waals surface area contributed by atoms with Crippen LogP contribution in [0, 0.1) is 23.2 Å². The van der Waals surface area contributed by atoms with Crippen LogP contribution >= 0.6 is 11.8 Å². The lowest BCUT2D eigenvalue weighted by atomic mass is 9.50. The number of hydrogen-bond acceptors (Lipinski definition) is 4. The standard InChI is InChI=1S/C40H50F5NO2S/c1-38-18-16-32-31-15-14-30(48-26-27-11-5-3-6-12-27)24-29(31)23-28(35(32)36(38)33-25-34(33)37(38)47)13-7-4-8-19-46(2)20-10-22-49-21-9-17-39(41,42)40(43,44)45/h3,5-6,11-12,14-15,24,28,32,35-36H,4,7-10,13,16-23,25-26H2,1-2H3/t28-,32-,35-,36+,38+/m1/s1. The molecule has 6 rings (SSSR count). The number of unbranched alkanes of at least 4 members (excludes halogenated alkanes) is 2. The van der Waals surface area contributed by atoms with Crippen LogP contribution in [-0.2, 0) is 17.8 Å². The number of fused-ring (bicyclic) bond motifs is 6. The number of carbonyl (C=O) groups is 1. The maximum Gasteiger partial charge on any atom is 0.453 e. The third-order valence-electron chi connectivity index (χ3n) is 11.7. The Morgan fingerprint density at radius 3 is 2.49 bits per heavy atom. The predicted octanol–water partition coefficient (Wildman–Crippen LogP) is 10.4. The molecule has 0 aromatic heterocycles. The molecule has 0 spiro atoms. The largest absolute Gasteiger partial charge is 0.489 e. The van der Waals surface area contributed by atoms with Crippen LogP contribution in [0.5, 0.6) is 5.75 Å². The first kappa shape index (κ1) is 36.4. The highest BCUT2D eigenvalue weighted by molar-refractivity contribution is 7.99. The van der Waals surface area contributed by atoms with Gasteiger partial charge in [0.25, 0.3) is 0 Å². The number of benzene rings is 2. The highest BCUT2D eigenvalue weighted by Gasteiger charge is 2.63. The first-order valence-electron chi connectivity index (χ1n) is 18.2. The van der Waals surface area contributed by atoms with Gasteiger partial charge in [-0.15, -0.1) is 0 Å². The van der Waals surface area contributed by atoms with Gasteiger partial charge in [0.1, 0.15) is 12.4 Å². The molecule has 1 saturated carbocycles. The summed E-state index contributed by atoms with van der Waals surface area (Å²) in [6.45, 7) is 4.66. The van der Waals surface area contributed by atoms with Crippen molar-refractivity contribution >= 4 is 17.5 Å². The quantitative estimate of drug-likeness (QED) is 0.121. The van der Waals surface area contributed by atoms with E-state index in [2.05, 4.69) is 49.2 Å². The molecule has 5 atom stereocenters. The van der Waals surface area contributed by atoms with Gasteiger partial charge in [-0.1, -0.05) is 61.7 Å². The molecule has 0 radical (unpaired) electrons. The molecule has 4 aliphatic rings. The van der Waals surface area contributed by atoms with Crippen LogP contribution in [-0.4, -0.2) is 54.4 Å². The van der Waals surface area contributed by atoms with E-state index in [0.29, 0.717) is 41.8 Å². The molecule has 9 heteroatoms. The highest BCUT2D eigenvalue weighted by atomic mass is 32.2. The lowest BCUT2D eigenvalue weighted by Crippen LogP contribution is -2.48. The summed E-state index contributed by atoms with van der Waals surface area (Å²) in [6.07, 6.45) is 2.72. The Bertz CT molecular complexity index is 1490. The van der Waals surface area contributed by atoms with Gasteiger partial charge in [0.05, 0.1) is 0 Å². The monoisotopic (exact) mass is 703 g/mol. The van der Waals surface area contributed by atoms with Crippen molar-refractivity contribution in [2.24, 2.45) is 23.2 Å². The van der Waals surface area contributed by atoms with Gasteiger partial charge in [-0.3, -0.25) is 4.79 Å².